The molecule has 4 N–H and O–H groups in total. The molecule has 2 aliphatic heterocycles. The molecule has 0 saturated carbocycles. The second-order valence-corrected chi connectivity index (χ2v) is 31.8. The van der Waals surface area contributed by atoms with Gasteiger partial charge in [-0.25, -0.2) is 29.1 Å². The molecule has 28 nitrogen and oxygen atoms in total. The van der Waals surface area contributed by atoms with Gasteiger partial charge in [0.25, 0.3) is 23.6 Å². The number of hydrogen-bond donors (Lipinski definition) is 4. The zero-order chi connectivity index (χ0) is 81.2. The van der Waals surface area contributed by atoms with Crippen molar-refractivity contribution in [2.75, 3.05) is 52.9 Å². The van der Waals surface area contributed by atoms with Gasteiger partial charge >= 0.3 is 43.4 Å². The van der Waals surface area contributed by atoms with E-state index >= 15 is 0 Å². The molecular formula is C84H108N12O16Zn. The minimum absolute atomic E-state index is 0. The largest absolute Gasteiger partial charge is 2.00 e. The molecule has 29 heteroatoms. The Bertz CT molecular complexity index is 4740. The van der Waals surface area contributed by atoms with Gasteiger partial charge < -0.3 is 89.1 Å². The maximum atomic E-state index is 14.7. The molecule has 4 unspecified atom stereocenters. The predicted molar refractivity (Wildman–Crippen MR) is 424 cm³/mol. The van der Waals surface area contributed by atoms with Crippen LogP contribution in [-0.4, -0.2) is 177 Å². The third-order valence-corrected chi connectivity index (χ3v) is 17.8. The van der Waals surface area contributed by atoms with E-state index in [2.05, 4.69) is 21.3 Å². The Morgan fingerprint density at radius 2 is 0.558 bits per heavy atom. The second kappa shape index (κ2) is 40.0. The van der Waals surface area contributed by atoms with E-state index in [1.54, 1.807) is 66.7 Å². The van der Waals surface area contributed by atoms with Crippen molar-refractivity contribution < 1.29 is 95.7 Å². The number of esters is 4. The van der Waals surface area contributed by atoms with Crippen LogP contribution in [0.2, 0.25) is 0 Å². The van der Waals surface area contributed by atoms with E-state index in [0.29, 0.717) is 53.1 Å². The van der Waals surface area contributed by atoms with Gasteiger partial charge in [-0.3, -0.25) is 19.2 Å². The number of nitrogens with one attached hydrogen (secondary N) is 4. The number of hydrogen-bond acceptors (Lipinski definition) is 22. The van der Waals surface area contributed by atoms with E-state index in [1.807, 2.05) is 111 Å². The van der Waals surface area contributed by atoms with E-state index in [4.69, 9.17) is 77.8 Å². The zero-order valence-electron chi connectivity index (χ0n) is 68.2. The van der Waals surface area contributed by atoms with Crippen molar-refractivity contribution in [2.24, 2.45) is 0 Å². The number of rotatable bonds is 36. The summed E-state index contributed by atoms with van der Waals surface area (Å²) in [5.41, 5.74) is -1.10. The summed E-state index contributed by atoms with van der Waals surface area (Å²) in [4.78, 5) is 155. The summed E-state index contributed by atoms with van der Waals surface area (Å²) in [7, 11) is 0. The normalized spacial score (nSPS) is 13.2. The molecule has 5 heterocycles. The van der Waals surface area contributed by atoms with Gasteiger partial charge in [0.2, 0.25) is 0 Å². The summed E-state index contributed by atoms with van der Waals surface area (Å²) >= 11 is 0. The molecule has 4 amide bonds. The molecule has 2 aliphatic rings. The summed E-state index contributed by atoms with van der Waals surface area (Å²) < 4.78 is 46.8. The van der Waals surface area contributed by atoms with E-state index in [9.17, 15) is 38.4 Å². The van der Waals surface area contributed by atoms with Crippen molar-refractivity contribution in [2.45, 2.75) is 234 Å². The summed E-state index contributed by atoms with van der Waals surface area (Å²) in [6.45, 7) is 29.8. The van der Waals surface area contributed by atoms with Crippen LogP contribution in [0.15, 0.2) is 72.8 Å². The summed E-state index contributed by atoms with van der Waals surface area (Å²) in [6.07, 6.45) is 9.43. The van der Waals surface area contributed by atoms with Crippen molar-refractivity contribution in [3.05, 3.63) is 95.1 Å². The molecule has 3 aromatic heterocycles. The smallest absolute Gasteiger partial charge is 0.464 e. The summed E-state index contributed by atoms with van der Waals surface area (Å²) in [5, 5.41) is 12.6. The van der Waals surface area contributed by atoms with Crippen LogP contribution in [-0.2, 0) is 76.6 Å². The average molecular weight is 1610 g/mol. The Hall–Kier alpha value is -9.54. The number of ether oxygens (including phenoxy) is 8. The number of fused-ring (bicyclic) bond motifs is 20. The minimum Gasteiger partial charge on any atom is -0.464 e. The monoisotopic (exact) mass is 1600 g/mol. The first kappa shape index (κ1) is 89.0. The molecule has 0 saturated heterocycles. The molecule has 113 heavy (non-hydrogen) atoms. The number of nitrogens with zero attached hydrogens (tertiary/aromatic N) is 8. The molecule has 0 spiro atoms. The van der Waals surface area contributed by atoms with Crippen molar-refractivity contribution in [1.29, 1.82) is 0 Å². The van der Waals surface area contributed by atoms with Gasteiger partial charge in [0.1, 0.15) is 0 Å². The van der Waals surface area contributed by atoms with Crippen molar-refractivity contribution in [1.82, 2.24) is 61.1 Å². The van der Waals surface area contributed by atoms with Crippen LogP contribution >= 0.6 is 0 Å². The number of benzene rings is 4. The average Bonchev–Trinajstić information content (AvgIpc) is 1.59. The molecule has 8 bridgehead atoms. The van der Waals surface area contributed by atoms with Gasteiger partial charge in [-0.15, -0.1) is 0 Å². The number of amides is 4. The maximum absolute atomic E-state index is 14.7. The number of unbranched alkanes of at least 4 members (excludes halogenated alkanes) is 8. The molecule has 0 radical (unpaired) electrons. The molecule has 4 aromatic carbocycles. The van der Waals surface area contributed by atoms with Crippen molar-refractivity contribution >= 4 is 91.6 Å². The van der Waals surface area contributed by atoms with E-state index in [1.165, 1.54) is 6.07 Å². The first-order valence-electron chi connectivity index (χ1n) is 38.9. The molecule has 7 aromatic rings. The molecule has 0 fully saturated rings. The fourth-order valence-electron chi connectivity index (χ4n) is 11.7. The van der Waals surface area contributed by atoms with Gasteiger partial charge in [0.05, 0.1) is 98.6 Å². The Kier molecular flexibility index (Phi) is 31.5. The Labute approximate surface area is 672 Å². The quantitative estimate of drug-likeness (QED) is 0.0123. The minimum atomic E-state index is -1.22. The Balaban J connectivity index is 0.0000160. The van der Waals surface area contributed by atoms with Gasteiger partial charge in [0.15, 0.2) is 24.2 Å². The molecule has 9 rings (SSSR count). The fraction of sp³-hybridized carbons (Fsp3) is 0.524. The van der Waals surface area contributed by atoms with Crippen LogP contribution in [0, 0.1) is 0 Å². The van der Waals surface area contributed by atoms with Crippen LogP contribution in [0.3, 0.4) is 0 Å². The van der Waals surface area contributed by atoms with Gasteiger partial charge in [-0.2, -0.15) is 0 Å². The van der Waals surface area contributed by atoms with Gasteiger partial charge in [-0.05, 0) is 179 Å². The maximum Gasteiger partial charge on any atom is 2.00 e. The van der Waals surface area contributed by atoms with Gasteiger partial charge in [-0.1, -0.05) is 103 Å². The number of carbonyl (C=O) groups excluding carboxylic acids is 8. The van der Waals surface area contributed by atoms with Crippen LogP contribution in [0.5, 0.6) is 0 Å². The Morgan fingerprint density at radius 1 is 0.319 bits per heavy atom. The predicted octanol–water partition coefficient (Wildman–Crippen LogP) is 12.7. The van der Waals surface area contributed by atoms with E-state index in [0.717, 1.165) is 51.4 Å². The SMILES string of the molecule is CCCCCOC(=O)C(COC(C)(C)C)NC(=O)c1ccc2c(c1)-c1nc-2nc2[n-]c(nc3nc(nc4[n-]c(n1)c1ccc(C(=O)NC(COC(C)(C)C)C(=O)OCCCCC)cc41)-c1ccc(C(=O)NC(COC(C)(C)C)C(=O)OCCCCC)cc1-3)c1cc(C(=O)NC(COC(C)(C)C)C(=O)OCCCCC)ccc21.[Zn+2]. The van der Waals surface area contributed by atoms with Crippen molar-refractivity contribution in [3.63, 3.8) is 0 Å². The van der Waals surface area contributed by atoms with E-state index < -0.39 is 94.1 Å². The first-order chi connectivity index (χ1) is 53.1. The number of aromatic nitrogens is 8. The molecule has 602 valence electrons. The molecule has 4 atom stereocenters. The topological polar surface area (TPSA) is 364 Å². The fourth-order valence-corrected chi connectivity index (χ4v) is 11.7. The second-order valence-electron chi connectivity index (χ2n) is 31.8. The van der Waals surface area contributed by atoms with Crippen LogP contribution < -0.4 is 31.2 Å². The van der Waals surface area contributed by atoms with Crippen molar-refractivity contribution in [3.8, 4) is 45.6 Å². The van der Waals surface area contributed by atoms with Crippen LogP contribution in [0.1, 0.15) is 229 Å². The summed E-state index contributed by atoms with van der Waals surface area (Å²) in [5.74, 6) is -5.30. The number of carbonyl (C=O) groups is 8. The summed E-state index contributed by atoms with van der Waals surface area (Å²) in [6, 6.07) is 14.0. The third kappa shape index (κ3) is 25.2. The molecule has 0 aliphatic carbocycles. The first-order valence-corrected chi connectivity index (χ1v) is 38.9. The Morgan fingerprint density at radius 3 is 0.814 bits per heavy atom. The van der Waals surface area contributed by atoms with E-state index in [-0.39, 0.29) is 157 Å². The third-order valence-electron chi connectivity index (χ3n) is 17.8. The molecular weight excluding hydrogens is 1500 g/mol. The van der Waals surface area contributed by atoms with Crippen LogP contribution in [0.25, 0.3) is 89.7 Å². The standard InChI is InChI=1S/C84H110N12O16.Zn/c1-17-21-25-37-105-77(101)61(45-109-81(5,6)7)85-73(97)49-29-33-53-57(41-49)69-90-65(53)89-66-54-34-30-51(75(99)87-63(47-111-83(11,12)13)79(103)107-39-27-23-19-3)43-59(54)71(91-66)96-72-60-44-52(76(100)88-64(48-112-84(14,15)16)80(104)108-40-28-24-20-4)32-36-56(60)68(95-72)94-70-58-42-50(31-35-55(58)67(92-69)93-70)74(98)86-62(46-110-82(8,9)10)78(102)106-38-26-22-18-2;/h29-36,41-44,61-64H,17-28,37-40,45-48H2,1-16H3,(H6,85,86,87,88,89,90,91,92,93,94,95,96,97,98,99,100);/q;+2/p-2. The van der Waals surface area contributed by atoms with Crippen LogP contribution in [0.4, 0.5) is 0 Å². The van der Waals surface area contributed by atoms with Gasteiger partial charge in [0, 0.05) is 67.1 Å². The zero-order valence-corrected chi connectivity index (χ0v) is 71.2.